The van der Waals surface area contributed by atoms with E-state index < -0.39 is 12.1 Å². The van der Waals surface area contributed by atoms with Crippen LogP contribution in [0.25, 0.3) is 0 Å². The first-order valence-corrected chi connectivity index (χ1v) is 4.29. The van der Waals surface area contributed by atoms with E-state index in [1.165, 1.54) is 0 Å². The summed E-state index contributed by atoms with van der Waals surface area (Å²) in [6, 6.07) is 6.88. The van der Waals surface area contributed by atoms with E-state index in [0.717, 1.165) is 11.1 Å². The SMILES string of the molecule is C[C@@H](O)[C@H](N)c1ccccc1CO. The zero-order valence-electron chi connectivity index (χ0n) is 7.64. The van der Waals surface area contributed by atoms with Crippen molar-refractivity contribution in [3.63, 3.8) is 0 Å². The average molecular weight is 181 g/mol. The molecule has 0 aliphatic heterocycles. The Kier molecular flexibility index (Phi) is 3.42. The zero-order chi connectivity index (χ0) is 9.84. The third kappa shape index (κ3) is 2.28. The van der Waals surface area contributed by atoms with Crippen molar-refractivity contribution in [2.45, 2.75) is 25.7 Å². The van der Waals surface area contributed by atoms with Gasteiger partial charge in [-0.1, -0.05) is 24.3 Å². The van der Waals surface area contributed by atoms with Crippen LogP contribution in [0.15, 0.2) is 24.3 Å². The van der Waals surface area contributed by atoms with Gasteiger partial charge in [0.1, 0.15) is 0 Å². The molecule has 0 amide bonds. The van der Waals surface area contributed by atoms with E-state index in [2.05, 4.69) is 0 Å². The summed E-state index contributed by atoms with van der Waals surface area (Å²) in [6.45, 7) is 1.59. The van der Waals surface area contributed by atoms with Gasteiger partial charge in [-0.3, -0.25) is 0 Å². The summed E-state index contributed by atoms with van der Waals surface area (Å²) in [4.78, 5) is 0. The van der Waals surface area contributed by atoms with Crippen molar-refractivity contribution >= 4 is 0 Å². The van der Waals surface area contributed by atoms with E-state index >= 15 is 0 Å². The van der Waals surface area contributed by atoms with E-state index in [1.807, 2.05) is 18.2 Å². The molecule has 0 radical (unpaired) electrons. The number of hydrogen-bond acceptors (Lipinski definition) is 3. The van der Waals surface area contributed by atoms with Gasteiger partial charge in [-0.25, -0.2) is 0 Å². The molecule has 1 aromatic carbocycles. The first-order chi connectivity index (χ1) is 6.16. The van der Waals surface area contributed by atoms with E-state index in [1.54, 1.807) is 13.0 Å². The van der Waals surface area contributed by atoms with Crippen LogP contribution in [0.1, 0.15) is 24.1 Å². The molecular formula is C10H15NO2. The van der Waals surface area contributed by atoms with Gasteiger partial charge >= 0.3 is 0 Å². The predicted octanol–water partition coefficient (Wildman–Crippen LogP) is 0.560. The molecule has 2 atom stereocenters. The first-order valence-electron chi connectivity index (χ1n) is 4.29. The Hall–Kier alpha value is -0.900. The molecule has 0 aliphatic carbocycles. The third-order valence-electron chi connectivity index (χ3n) is 2.10. The maximum atomic E-state index is 9.29. The molecule has 0 unspecified atom stereocenters. The van der Waals surface area contributed by atoms with Crippen LogP contribution in [-0.2, 0) is 6.61 Å². The van der Waals surface area contributed by atoms with E-state index in [-0.39, 0.29) is 6.61 Å². The lowest BCUT2D eigenvalue weighted by molar-refractivity contribution is 0.163. The van der Waals surface area contributed by atoms with Gasteiger partial charge in [0.05, 0.1) is 18.8 Å². The van der Waals surface area contributed by atoms with E-state index in [0.29, 0.717) is 0 Å². The van der Waals surface area contributed by atoms with Crippen LogP contribution in [0.5, 0.6) is 0 Å². The fourth-order valence-corrected chi connectivity index (χ4v) is 1.26. The van der Waals surface area contributed by atoms with Crippen molar-refractivity contribution in [2.24, 2.45) is 5.73 Å². The Morgan fingerprint density at radius 2 is 2.00 bits per heavy atom. The molecule has 13 heavy (non-hydrogen) atoms. The molecule has 1 rings (SSSR count). The highest BCUT2D eigenvalue weighted by atomic mass is 16.3. The smallest absolute Gasteiger partial charge is 0.0704 e. The largest absolute Gasteiger partial charge is 0.392 e. The molecule has 0 bridgehead atoms. The lowest BCUT2D eigenvalue weighted by Gasteiger charge is -2.17. The second-order valence-corrected chi connectivity index (χ2v) is 3.12. The summed E-state index contributed by atoms with van der Waals surface area (Å²) in [5.74, 6) is 0. The highest BCUT2D eigenvalue weighted by Gasteiger charge is 2.14. The lowest BCUT2D eigenvalue weighted by atomic mass is 9.98. The quantitative estimate of drug-likeness (QED) is 0.638. The number of benzene rings is 1. The van der Waals surface area contributed by atoms with Crippen LogP contribution in [0.4, 0.5) is 0 Å². The van der Waals surface area contributed by atoms with E-state index in [4.69, 9.17) is 10.8 Å². The molecule has 1 aromatic rings. The fourth-order valence-electron chi connectivity index (χ4n) is 1.26. The fraction of sp³-hybridized carbons (Fsp3) is 0.400. The molecule has 3 nitrogen and oxygen atoms in total. The molecule has 0 aliphatic rings. The van der Waals surface area contributed by atoms with Crippen molar-refractivity contribution in [1.82, 2.24) is 0 Å². The monoisotopic (exact) mass is 181 g/mol. The molecule has 72 valence electrons. The van der Waals surface area contributed by atoms with Gasteiger partial charge in [0, 0.05) is 0 Å². The molecule has 0 saturated heterocycles. The Morgan fingerprint density at radius 3 is 2.54 bits per heavy atom. The molecule has 0 saturated carbocycles. The van der Waals surface area contributed by atoms with Crippen LogP contribution in [-0.4, -0.2) is 16.3 Å². The highest BCUT2D eigenvalue weighted by Crippen LogP contribution is 2.18. The Morgan fingerprint density at radius 1 is 1.38 bits per heavy atom. The Labute approximate surface area is 77.8 Å². The van der Waals surface area contributed by atoms with Crippen molar-refractivity contribution in [1.29, 1.82) is 0 Å². The Bertz CT molecular complexity index is 273. The number of nitrogens with two attached hydrogens (primary N) is 1. The maximum absolute atomic E-state index is 9.29. The lowest BCUT2D eigenvalue weighted by Crippen LogP contribution is -2.24. The summed E-state index contributed by atoms with van der Waals surface area (Å²) < 4.78 is 0. The molecule has 4 N–H and O–H groups in total. The second-order valence-electron chi connectivity index (χ2n) is 3.12. The van der Waals surface area contributed by atoms with Gasteiger partial charge in [-0.15, -0.1) is 0 Å². The molecule has 0 fully saturated rings. The zero-order valence-corrected chi connectivity index (χ0v) is 7.64. The van der Waals surface area contributed by atoms with Gasteiger partial charge < -0.3 is 15.9 Å². The predicted molar refractivity (Wildman–Crippen MR) is 51.0 cm³/mol. The molecular weight excluding hydrogens is 166 g/mol. The van der Waals surface area contributed by atoms with E-state index in [9.17, 15) is 5.11 Å². The summed E-state index contributed by atoms with van der Waals surface area (Å²) in [6.07, 6.45) is -0.604. The molecule has 0 spiro atoms. The van der Waals surface area contributed by atoms with Crippen molar-refractivity contribution in [3.05, 3.63) is 35.4 Å². The minimum absolute atomic E-state index is 0.0450. The second kappa shape index (κ2) is 4.37. The number of aliphatic hydroxyl groups is 2. The highest BCUT2D eigenvalue weighted by molar-refractivity contribution is 5.29. The van der Waals surface area contributed by atoms with Crippen molar-refractivity contribution in [3.8, 4) is 0 Å². The normalized spacial score (nSPS) is 15.4. The first kappa shape index (κ1) is 10.2. The summed E-state index contributed by atoms with van der Waals surface area (Å²) >= 11 is 0. The third-order valence-corrected chi connectivity index (χ3v) is 2.10. The number of aliphatic hydroxyl groups excluding tert-OH is 2. The topological polar surface area (TPSA) is 66.5 Å². The van der Waals surface area contributed by atoms with Crippen LogP contribution >= 0.6 is 0 Å². The Balaban J connectivity index is 2.98. The van der Waals surface area contributed by atoms with Crippen LogP contribution in [0, 0.1) is 0 Å². The van der Waals surface area contributed by atoms with Gasteiger partial charge in [-0.2, -0.15) is 0 Å². The summed E-state index contributed by atoms with van der Waals surface area (Å²) in [7, 11) is 0. The van der Waals surface area contributed by atoms with Crippen molar-refractivity contribution in [2.75, 3.05) is 0 Å². The maximum Gasteiger partial charge on any atom is 0.0704 e. The minimum Gasteiger partial charge on any atom is -0.392 e. The van der Waals surface area contributed by atoms with Crippen LogP contribution < -0.4 is 5.73 Å². The van der Waals surface area contributed by atoms with Crippen LogP contribution in [0.2, 0.25) is 0 Å². The minimum atomic E-state index is -0.604. The van der Waals surface area contributed by atoms with Gasteiger partial charge in [-0.05, 0) is 18.1 Å². The van der Waals surface area contributed by atoms with Gasteiger partial charge in [0.2, 0.25) is 0 Å². The molecule has 0 heterocycles. The summed E-state index contributed by atoms with van der Waals surface area (Å²) in [5, 5.41) is 18.3. The average Bonchev–Trinajstić information content (AvgIpc) is 2.16. The van der Waals surface area contributed by atoms with Crippen molar-refractivity contribution < 1.29 is 10.2 Å². The van der Waals surface area contributed by atoms with Gasteiger partial charge in [0.15, 0.2) is 0 Å². The number of rotatable bonds is 3. The molecule has 3 heteroatoms. The van der Waals surface area contributed by atoms with Crippen LogP contribution in [0.3, 0.4) is 0 Å². The number of hydrogen-bond donors (Lipinski definition) is 3. The molecule has 0 aromatic heterocycles. The summed E-state index contributed by atoms with van der Waals surface area (Å²) in [5.41, 5.74) is 7.33. The standard InChI is InChI=1S/C10H15NO2/c1-7(13)10(11)9-5-3-2-4-8(9)6-12/h2-5,7,10,12-13H,6,11H2,1H3/t7-,10+/m1/s1. The van der Waals surface area contributed by atoms with Gasteiger partial charge in [0.25, 0.3) is 0 Å².